The number of nitrogens with two attached hydrogens (primary N) is 1. The third-order valence-electron chi connectivity index (χ3n) is 3.42. The summed E-state index contributed by atoms with van der Waals surface area (Å²) >= 11 is 5.87. The van der Waals surface area contributed by atoms with E-state index in [-0.39, 0.29) is 23.8 Å². The number of anilines is 1. The number of aliphatic hydroxyl groups excluding tert-OH is 1. The van der Waals surface area contributed by atoms with Crippen LogP contribution >= 0.6 is 11.6 Å². The molecule has 20 heavy (non-hydrogen) atoms. The molecule has 2 aromatic heterocycles. The maximum absolute atomic E-state index is 9.26. The fourth-order valence-electron chi connectivity index (χ4n) is 2.38. The quantitative estimate of drug-likeness (QED) is 0.605. The zero-order valence-corrected chi connectivity index (χ0v) is 12.3. The Morgan fingerprint density at radius 2 is 2.15 bits per heavy atom. The molecule has 0 aliphatic carbocycles. The van der Waals surface area contributed by atoms with Crippen molar-refractivity contribution in [2.45, 2.75) is 45.1 Å². The van der Waals surface area contributed by atoms with Gasteiger partial charge in [0.1, 0.15) is 5.52 Å². The van der Waals surface area contributed by atoms with E-state index in [1.54, 1.807) is 6.33 Å². The summed E-state index contributed by atoms with van der Waals surface area (Å²) in [4.78, 5) is 12.4. The molecule has 0 radical (unpaired) electrons. The molecule has 7 heteroatoms. The molecule has 0 saturated heterocycles. The summed E-state index contributed by atoms with van der Waals surface area (Å²) < 4.78 is 1.95. The van der Waals surface area contributed by atoms with Crippen molar-refractivity contribution in [3.63, 3.8) is 0 Å². The van der Waals surface area contributed by atoms with Crippen LogP contribution in [0.25, 0.3) is 11.2 Å². The van der Waals surface area contributed by atoms with Gasteiger partial charge in [0.05, 0.1) is 6.33 Å². The largest absolute Gasteiger partial charge is 0.396 e. The molecule has 0 fully saturated rings. The van der Waals surface area contributed by atoms with E-state index in [1.807, 2.05) is 4.57 Å². The van der Waals surface area contributed by atoms with Crippen LogP contribution in [0.5, 0.6) is 0 Å². The molecule has 0 aliphatic heterocycles. The molecule has 1 unspecified atom stereocenters. The van der Waals surface area contributed by atoms with Gasteiger partial charge < -0.3 is 15.4 Å². The number of nitrogen functional groups attached to an aromatic ring is 1. The number of fused-ring (bicyclic) bond motifs is 1. The highest BCUT2D eigenvalue weighted by molar-refractivity contribution is 6.28. The third kappa shape index (κ3) is 3.19. The monoisotopic (exact) mass is 297 g/mol. The van der Waals surface area contributed by atoms with Crippen molar-refractivity contribution in [2.75, 3.05) is 12.3 Å². The molecule has 0 spiro atoms. The molecule has 110 valence electrons. The van der Waals surface area contributed by atoms with Crippen molar-refractivity contribution >= 4 is 28.6 Å². The average Bonchev–Trinajstić information content (AvgIpc) is 2.82. The van der Waals surface area contributed by atoms with Gasteiger partial charge in [-0.3, -0.25) is 0 Å². The number of aromatic nitrogens is 4. The standard InChI is InChI=1S/C13H20ClN5O/c1-2-3-4-5-9(6-7-20)19-8-16-10-11(15)17-13(14)18-12(10)19/h8-9,20H,2-7H2,1H3,(H2,15,17,18). The van der Waals surface area contributed by atoms with Crippen LogP contribution in [0.2, 0.25) is 5.28 Å². The van der Waals surface area contributed by atoms with E-state index in [1.165, 1.54) is 6.42 Å². The maximum atomic E-state index is 9.26. The Morgan fingerprint density at radius 3 is 2.85 bits per heavy atom. The van der Waals surface area contributed by atoms with Gasteiger partial charge in [0.15, 0.2) is 11.5 Å². The first-order valence-corrected chi connectivity index (χ1v) is 7.31. The molecule has 0 amide bonds. The molecule has 2 aromatic rings. The van der Waals surface area contributed by atoms with Gasteiger partial charge in [0, 0.05) is 12.6 Å². The minimum atomic E-state index is 0.119. The first-order chi connectivity index (χ1) is 9.67. The van der Waals surface area contributed by atoms with Crippen LogP contribution in [0.15, 0.2) is 6.33 Å². The Hall–Kier alpha value is -1.40. The van der Waals surface area contributed by atoms with Crippen molar-refractivity contribution in [1.82, 2.24) is 19.5 Å². The van der Waals surface area contributed by atoms with E-state index in [9.17, 15) is 5.11 Å². The SMILES string of the molecule is CCCCCC(CCO)n1cnc2c(N)nc(Cl)nc21. The lowest BCUT2D eigenvalue weighted by atomic mass is 10.1. The van der Waals surface area contributed by atoms with E-state index < -0.39 is 0 Å². The van der Waals surface area contributed by atoms with Crippen molar-refractivity contribution in [3.8, 4) is 0 Å². The average molecular weight is 298 g/mol. The Morgan fingerprint density at radius 1 is 1.35 bits per heavy atom. The van der Waals surface area contributed by atoms with Crippen molar-refractivity contribution in [3.05, 3.63) is 11.6 Å². The third-order valence-corrected chi connectivity index (χ3v) is 3.59. The van der Waals surface area contributed by atoms with Gasteiger partial charge in [-0.2, -0.15) is 9.97 Å². The van der Waals surface area contributed by atoms with Gasteiger partial charge in [-0.15, -0.1) is 0 Å². The Kier molecular flexibility index (Phi) is 5.14. The van der Waals surface area contributed by atoms with Crippen LogP contribution in [0.3, 0.4) is 0 Å². The normalized spacial score (nSPS) is 12.9. The molecule has 2 heterocycles. The van der Waals surface area contributed by atoms with Crippen LogP contribution in [-0.4, -0.2) is 31.2 Å². The summed E-state index contributed by atoms with van der Waals surface area (Å²) in [6.45, 7) is 2.30. The van der Waals surface area contributed by atoms with E-state index in [2.05, 4.69) is 21.9 Å². The smallest absolute Gasteiger partial charge is 0.226 e. The minimum absolute atomic E-state index is 0.119. The van der Waals surface area contributed by atoms with Crippen LogP contribution in [-0.2, 0) is 0 Å². The zero-order valence-electron chi connectivity index (χ0n) is 11.6. The molecule has 0 saturated carbocycles. The number of nitrogens with zero attached hydrogens (tertiary/aromatic N) is 4. The lowest BCUT2D eigenvalue weighted by Gasteiger charge is -2.18. The van der Waals surface area contributed by atoms with Crippen molar-refractivity contribution in [2.24, 2.45) is 0 Å². The second-order valence-corrected chi connectivity index (χ2v) is 5.20. The summed E-state index contributed by atoms with van der Waals surface area (Å²) in [5, 5.41) is 9.37. The van der Waals surface area contributed by atoms with Gasteiger partial charge >= 0.3 is 0 Å². The minimum Gasteiger partial charge on any atom is -0.396 e. The van der Waals surface area contributed by atoms with E-state index in [0.29, 0.717) is 17.6 Å². The predicted octanol–water partition coefficient (Wildman–Crippen LogP) is 2.57. The number of imidazole rings is 1. The molecule has 1 atom stereocenters. The molecule has 2 rings (SSSR count). The van der Waals surface area contributed by atoms with Crippen LogP contribution < -0.4 is 5.73 Å². The Balaban J connectivity index is 2.32. The fourth-order valence-corrected chi connectivity index (χ4v) is 2.55. The molecule has 6 nitrogen and oxygen atoms in total. The van der Waals surface area contributed by atoms with E-state index in [4.69, 9.17) is 17.3 Å². The highest BCUT2D eigenvalue weighted by Crippen LogP contribution is 2.26. The fraction of sp³-hybridized carbons (Fsp3) is 0.615. The highest BCUT2D eigenvalue weighted by Gasteiger charge is 2.17. The molecule has 0 bridgehead atoms. The lowest BCUT2D eigenvalue weighted by molar-refractivity contribution is 0.251. The van der Waals surface area contributed by atoms with Crippen LogP contribution in [0, 0.1) is 0 Å². The van der Waals surface area contributed by atoms with Crippen molar-refractivity contribution < 1.29 is 5.11 Å². The first-order valence-electron chi connectivity index (χ1n) is 6.93. The van der Waals surface area contributed by atoms with Gasteiger partial charge in [-0.1, -0.05) is 26.2 Å². The summed E-state index contributed by atoms with van der Waals surface area (Å²) in [5.74, 6) is 0.287. The van der Waals surface area contributed by atoms with Crippen LogP contribution in [0.1, 0.15) is 45.1 Å². The van der Waals surface area contributed by atoms with Gasteiger partial charge in [0.2, 0.25) is 5.28 Å². The van der Waals surface area contributed by atoms with Crippen molar-refractivity contribution in [1.29, 1.82) is 0 Å². The first kappa shape index (κ1) is 15.0. The van der Waals surface area contributed by atoms with Gasteiger partial charge in [-0.05, 0) is 24.4 Å². The number of unbranched alkanes of at least 4 members (excludes halogenated alkanes) is 2. The summed E-state index contributed by atoms with van der Waals surface area (Å²) in [6.07, 6.45) is 6.79. The van der Waals surface area contributed by atoms with E-state index >= 15 is 0 Å². The Bertz CT molecular complexity index is 571. The summed E-state index contributed by atoms with van der Waals surface area (Å²) in [6, 6.07) is 0.155. The zero-order chi connectivity index (χ0) is 14.5. The number of aliphatic hydroxyl groups is 1. The number of rotatable bonds is 7. The Labute approximate surface area is 123 Å². The second kappa shape index (κ2) is 6.85. The number of hydrogen-bond donors (Lipinski definition) is 2. The predicted molar refractivity (Wildman–Crippen MR) is 79.6 cm³/mol. The number of hydrogen-bond acceptors (Lipinski definition) is 5. The molecular weight excluding hydrogens is 278 g/mol. The van der Waals surface area contributed by atoms with Crippen LogP contribution in [0.4, 0.5) is 5.82 Å². The van der Waals surface area contributed by atoms with Gasteiger partial charge in [0.25, 0.3) is 0 Å². The topological polar surface area (TPSA) is 89.8 Å². The van der Waals surface area contributed by atoms with Gasteiger partial charge in [-0.25, -0.2) is 4.98 Å². The second-order valence-electron chi connectivity index (χ2n) is 4.86. The summed E-state index contributed by atoms with van der Waals surface area (Å²) in [7, 11) is 0. The molecule has 0 aromatic carbocycles. The highest BCUT2D eigenvalue weighted by atomic mass is 35.5. The van der Waals surface area contributed by atoms with E-state index in [0.717, 1.165) is 19.3 Å². The molecular formula is C13H20ClN5O. The molecule has 0 aliphatic rings. The maximum Gasteiger partial charge on any atom is 0.226 e. The lowest BCUT2D eigenvalue weighted by Crippen LogP contribution is -2.11. The summed E-state index contributed by atoms with van der Waals surface area (Å²) in [5.41, 5.74) is 7.00. The number of halogens is 1. The molecule has 3 N–H and O–H groups in total.